The average molecular weight is 332 g/mol. The van der Waals surface area contributed by atoms with Gasteiger partial charge in [-0.3, -0.25) is 9.69 Å². The van der Waals surface area contributed by atoms with Gasteiger partial charge in [0.2, 0.25) is 5.91 Å². The Morgan fingerprint density at radius 1 is 0.920 bits per heavy atom. The summed E-state index contributed by atoms with van der Waals surface area (Å²) in [5, 5.41) is 0. The minimum absolute atomic E-state index is 0.0245. The Hall–Kier alpha value is -2.57. The van der Waals surface area contributed by atoms with E-state index >= 15 is 0 Å². The van der Waals surface area contributed by atoms with Gasteiger partial charge in [0.15, 0.2) is 0 Å². The van der Waals surface area contributed by atoms with E-state index in [1.807, 2.05) is 76.2 Å². The van der Waals surface area contributed by atoms with Crippen LogP contribution in [-0.2, 0) is 4.79 Å². The molecule has 1 aliphatic heterocycles. The second-order valence-corrected chi connectivity index (χ2v) is 7.97. The monoisotopic (exact) mass is 332 g/mol. The zero-order chi connectivity index (χ0) is 18.2. The maximum Gasteiger partial charge on any atom is 0.237 e. The van der Waals surface area contributed by atoms with Crippen LogP contribution in [0.5, 0.6) is 0 Å². The fourth-order valence-electron chi connectivity index (χ4n) is 3.55. The van der Waals surface area contributed by atoms with Crippen LogP contribution in [0.15, 0.2) is 48.5 Å². The molecule has 3 nitrogen and oxygen atoms in total. The lowest BCUT2D eigenvalue weighted by Gasteiger charge is -2.36. The van der Waals surface area contributed by atoms with Crippen molar-refractivity contribution in [2.75, 3.05) is 4.90 Å². The topological polar surface area (TPSA) is 46.3 Å². The third-order valence-corrected chi connectivity index (χ3v) is 4.30. The normalized spacial score (nSPS) is 13.2. The minimum atomic E-state index is -0.608. The van der Waals surface area contributed by atoms with Crippen LogP contribution in [0, 0.1) is 17.3 Å². The molecule has 0 bridgehead atoms. The first-order valence-electron chi connectivity index (χ1n) is 8.53. The van der Waals surface area contributed by atoms with Crippen LogP contribution in [0.3, 0.4) is 0 Å². The number of anilines is 2. The molecule has 3 heteroatoms. The Morgan fingerprint density at radius 3 is 1.80 bits per heavy atom. The van der Waals surface area contributed by atoms with Gasteiger partial charge >= 0.3 is 0 Å². The Bertz CT molecular complexity index is 827. The van der Waals surface area contributed by atoms with Crippen molar-refractivity contribution in [1.82, 2.24) is 0 Å². The van der Waals surface area contributed by atoms with Crippen LogP contribution in [0.25, 0.3) is 0 Å². The summed E-state index contributed by atoms with van der Waals surface area (Å²) in [7, 11) is 0. The lowest BCUT2D eigenvalue weighted by Crippen LogP contribution is -2.45. The van der Waals surface area contributed by atoms with E-state index in [1.54, 1.807) is 4.90 Å². The van der Waals surface area contributed by atoms with Gasteiger partial charge in [0.05, 0.1) is 11.4 Å². The van der Waals surface area contributed by atoms with E-state index in [9.17, 15) is 4.79 Å². The molecule has 1 aliphatic rings. The number of nitrogens with two attached hydrogens (primary N) is 1. The van der Waals surface area contributed by atoms with Crippen LogP contribution in [0.4, 0.5) is 11.4 Å². The van der Waals surface area contributed by atoms with Crippen molar-refractivity contribution in [3.8, 4) is 11.8 Å². The van der Waals surface area contributed by atoms with Gasteiger partial charge in [-0.05, 0) is 44.5 Å². The number of carbonyl (C=O) groups excluding carboxylic acids is 1. The zero-order valence-corrected chi connectivity index (χ0v) is 15.3. The number of nitrogens with zero attached hydrogens (tertiary/aromatic N) is 1. The lowest BCUT2D eigenvalue weighted by molar-refractivity contribution is -0.126. The predicted molar refractivity (Wildman–Crippen MR) is 103 cm³/mol. The van der Waals surface area contributed by atoms with Gasteiger partial charge < -0.3 is 5.73 Å². The number of hydrogen-bond acceptors (Lipinski definition) is 2. The van der Waals surface area contributed by atoms with Crippen LogP contribution < -0.4 is 10.6 Å². The second-order valence-electron chi connectivity index (χ2n) is 7.97. The molecule has 2 N–H and O–H groups in total. The molecule has 1 heterocycles. The van der Waals surface area contributed by atoms with E-state index in [1.165, 1.54) is 0 Å². The van der Waals surface area contributed by atoms with E-state index in [0.717, 1.165) is 22.5 Å². The summed E-state index contributed by atoms with van der Waals surface area (Å²) < 4.78 is 0. The first-order chi connectivity index (χ1) is 11.7. The molecule has 2 aromatic carbocycles. The molecular formula is C22H24N2O. The molecule has 2 aromatic rings. The highest BCUT2D eigenvalue weighted by atomic mass is 16.2. The van der Waals surface area contributed by atoms with Gasteiger partial charge in [0.25, 0.3) is 0 Å². The Morgan fingerprint density at radius 2 is 1.36 bits per heavy atom. The number of hydrogen-bond donors (Lipinski definition) is 1. The summed E-state index contributed by atoms with van der Waals surface area (Å²) in [5.41, 5.74) is 8.54. The van der Waals surface area contributed by atoms with Gasteiger partial charge in [0.1, 0.15) is 0 Å². The van der Waals surface area contributed by atoms with E-state index in [2.05, 4.69) is 11.8 Å². The first kappa shape index (κ1) is 17.3. The number of rotatable bonds is 3. The first-order valence-corrected chi connectivity index (χ1v) is 8.53. The molecule has 0 atom stereocenters. The van der Waals surface area contributed by atoms with Gasteiger partial charge in [0, 0.05) is 22.1 Å². The van der Waals surface area contributed by atoms with Crippen molar-refractivity contribution in [2.24, 2.45) is 11.1 Å². The Labute approximate surface area is 149 Å². The maximum absolute atomic E-state index is 13.6. The molecule has 0 aromatic heterocycles. The molecule has 0 saturated carbocycles. The summed E-state index contributed by atoms with van der Waals surface area (Å²) >= 11 is 0. The Balaban J connectivity index is 2.15. The van der Waals surface area contributed by atoms with E-state index in [-0.39, 0.29) is 5.91 Å². The third kappa shape index (κ3) is 3.45. The molecule has 0 saturated heterocycles. The summed E-state index contributed by atoms with van der Waals surface area (Å²) in [6.45, 7) is 7.83. The molecule has 0 aliphatic carbocycles. The van der Waals surface area contributed by atoms with Crippen LogP contribution in [0.2, 0.25) is 0 Å². The highest BCUT2D eigenvalue weighted by Crippen LogP contribution is 2.38. The largest absolute Gasteiger partial charge is 0.326 e. The standard InChI is InChI=1S/C22H24N2O/c1-21(2,15-22(3,4)23)20(25)24-18-11-7-5-9-16(18)13-14-17-10-6-8-12-19(17)24/h5-12H,15,23H2,1-4H3. The van der Waals surface area contributed by atoms with Gasteiger partial charge in [-0.2, -0.15) is 0 Å². The van der Waals surface area contributed by atoms with Gasteiger partial charge in [-0.1, -0.05) is 50.0 Å². The molecular weight excluding hydrogens is 308 g/mol. The number of amides is 1. The molecule has 0 spiro atoms. The molecule has 0 radical (unpaired) electrons. The van der Waals surface area contributed by atoms with E-state index < -0.39 is 11.0 Å². The van der Waals surface area contributed by atoms with E-state index in [0.29, 0.717) is 6.42 Å². The number of carbonyl (C=O) groups is 1. The van der Waals surface area contributed by atoms with Gasteiger partial charge in [-0.25, -0.2) is 0 Å². The molecule has 1 amide bonds. The van der Waals surface area contributed by atoms with Crippen molar-refractivity contribution in [3.63, 3.8) is 0 Å². The average Bonchev–Trinajstić information content (AvgIpc) is 2.69. The highest BCUT2D eigenvalue weighted by Gasteiger charge is 2.38. The summed E-state index contributed by atoms with van der Waals surface area (Å²) in [5.74, 6) is 6.42. The zero-order valence-electron chi connectivity index (χ0n) is 15.3. The summed E-state index contributed by atoms with van der Waals surface area (Å²) in [6.07, 6.45) is 0.584. The molecule has 0 unspecified atom stereocenters. The van der Waals surface area contributed by atoms with Crippen molar-refractivity contribution in [1.29, 1.82) is 0 Å². The third-order valence-electron chi connectivity index (χ3n) is 4.30. The number of para-hydroxylation sites is 2. The SMILES string of the molecule is CC(C)(N)CC(C)(C)C(=O)N1c2ccccc2C#Cc2ccccc21. The molecule has 0 fully saturated rings. The minimum Gasteiger partial charge on any atom is -0.326 e. The summed E-state index contributed by atoms with van der Waals surface area (Å²) in [4.78, 5) is 15.4. The van der Waals surface area contributed by atoms with Crippen molar-refractivity contribution in [3.05, 3.63) is 59.7 Å². The summed E-state index contributed by atoms with van der Waals surface area (Å²) in [6, 6.07) is 15.6. The fraction of sp³-hybridized carbons (Fsp3) is 0.318. The molecule has 128 valence electrons. The Kier molecular flexibility index (Phi) is 4.18. The predicted octanol–water partition coefficient (Wildman–Crippen LogP) is 4.22. The lowest BCUT2D eigenvalue weighted by atomic mass is 9.79. The fourth-order valence-corrected chi connectivity index (χ4v) is 3.55. The van der Waals surface area contributed by atoms with Crippen molar-refractivity contribution in [2.45, 2.75) is 39.7 Å². The second kappa shape index (κ2) is 6.06. The smallest absolute Gasteiger partial charge is 0.237 e. The number of fused-ring (bicyclic) bond motifs is 2. The van der Waals surface area contributed by atoms with Crippen molar-refractivity contribution >= 4 is 17.3 Å². The van der Waals surface area contributed by atoms with Crippen LogP contribution in [0.1, 0.15) is 45.2 Å². The van der Waals surface area contributed by atoms with Crippen LogP contribution in [-0.4, -0.2) is 11.4 Å². The van der Waals surface area contributed by atoms with E-state index in [4.69, 9.17) is 5.73 Å². The quantitative estimate of drug-likeness (QED) is 0.856. The molecule has 3 rings (SSSR count). The number of benzene rings is 2. The van der Waals surface area contributed by atoms with Crippen LogP contribution >= 0.6 is 0 Å². The van der Waals surface area contributed by atoms with Gasteiger partial charge in [-0.15, -0.1) is 0 Å². The maximum atomic E-state index is 13.6. The highest BCUT2D eigenvalue weighted by molar-refractivity contribution is 6.06. The van der Waals surface area contributed by atoms with Crippen molar-refractivity contribution < 1.29 is 4.79 Å². The molecule has 25 heavy (non-hydrogen) atoms.